The van der Waals surface area contributed by atoms with E-state index in [1.54, 1.807) is 18.2 Å². The lowest BCUT2D eigenvalue weighted by atomic mass is 9.99. The SMILES string of the molecule is Cc1c(CCC(=O)O)ccc(OCc2cc(Cl)cc3cc(CC(F)F)oc23)c1C. The van der Waals surface area contributed by atoms with Gasteiger partial charge in [0.05, 0.1) is 6.42 Å². The molecule has 2 aromatic carbocycles. The van der Waals surface area contributed by atoms with Crippen molar-refractivity contribution in [2.24, 2.45) is 0 Å². The van der Waals surface area contributed by atoms with E-state index in [1.807, 2.05) is 26.0 Å². The molecule has 0 aliphatic rings. The van der Waals surface area contributed by atoms with Gasteiger partial charge in [0.1, 0.15) is 23.7 Å². The number of carboxylic acid groups (broad SMARTS) is 1. The number of alkyl halides is 2. The molecule has 0 saturated carbocycles. The molecule has 1 heterocycles. The van der Waals surface area contributed by atoms with Gasteiger partial charge in [0.25, 0.3) is 0 Å². The van der Waals surface area contributed by atoms with Crippen LogP contribution in [0.5, 0.6) is 5.75 Å². The standard InChI is InChI=1S/C22H21ClF2O4/c1-12-13(2)19(5-3-14(12)4-6-21(26)27)28-11-16-8-17(23)7-15-9-18(10-20(24)25)29-22(15)16/h3,5,7-9,20H,4,6,10-11H2,1-2H3,(H,26,27). The van der Waals surface area contributed by atoms with E-state index < -0.39 is 18.8 Å². The highest BCUT2D eigenvalue weighted by molar-refractivity contribution is 6.31. The van der Waals surface area contributed by atoms with Crippen molar-refractivity contribution in [2.45, 2.75) is 46.1 Å². The van der Waals surface area contributed by atoms with Crippen molar-refractivity contribution in [3.05, 3.63) is 63.4 Å². The van der Waals surface area contributed by atoms with Crippen LogP contribution in [0.4, 0.5) is 8.78 Å². The Balaban J connectivity index is 1.82. The van der Waals surface area contributed by atoms with Crippen LogP contribution in [0.3, 0.4) is 0 Å². The number of rotatable bonds is 8. The summed E-state index contributed by atoms with van der Waals surface area (Å²) in [5.74, 6) is 0.0272. The first-order valence-corrected chi connectivity index (χ1v) is 9.55. The normalized spacial score (nSPS) is 11.4. The van der Waals surface area contributed by atoms with Crippen LogP contribution in [0.1, 0.15) is 34.4 Å². The van der Waals surface area contributed by atoms with E-state index in [4.69, 9.17) is 25.9 Å². The maximum absolute atomic E-state index is 12.7. The van der Waals surface area contributed by atoms with Gasteiger partial charge in [-0.1, -0.05) is 17.7 Å². The van der Waals surface area contributed by atoms with Crippen molar-refractivity contribution in [3.8, 4) is 5.75 Å². The lowest BCUT2D eigenvalue weighted by Gasteiger charge is -2.14. The molecule has 4 nitrogen and oxygen atoms in total. The lowest BCUT2D eigenvalue weighted by molar-refractivity contribution is -0.136. The van der Waals surface area contributed by atoms with E-state index in [0.29, 0.717) is 33.7 Å². The highest BCUT2D eigenvalue weighted by Gasteiger charge is 2.15. The van der Waals surface area contributed by atoms with Gasteiger partial charge in [-0.15, -0.1) is 0 Å². The molecular formula is C22H21ClF2O4. The third kappa shape index (κ3) is 5.07. The van der Waals surface area contributed by atoms with Crippen LogP contribution in [0.15, 0.2) is 34.7 Å². The van der Waals surface area contributed by atoms with E-state index in [-0.39, 0.29) is 18.8 Å². The zero-order valence-corrected chi connectivity index (χ0v) is 16.9. The van der Waals surface area contributed by atoms with Gasteiger partial charge in [-0.25, -0.2) is 8.78 Å². The van der Waals surface area contributed by atoms with Crippen LogP contribution in [0.25, 0.3) is 11.0 Å². The van der Waals surface area contributed by atoms with Crippen LogP contribution < -0.4 is 4.74 Å². The lowest BCUT2D eigenvalue weighted by Crippen LogP contribution is -2.03. The van der Waals surface area contributed by atoms with Crippen molar-refractivity contribution in [3.63, 3.8) is 0 Å². The Hall–Kier alpha value is -2.60. The number of fused-ring (bicyclic) bond motifs is 1. The van der Waals surface area contributed by atoms with Gasteiger partial charge >= 0.3 is 5.97 Å². The number of hydrogen-bond acceptors (Lipinski definition) is 3. The summed E-state index contributed by atoms with van der Waals surface area (Å²) >= 11 is 6.16. The fraction of sp³-hybridized carbons (Fsp3) is 0.318. The number of furan rings is 1. The molecule has 1 aromatic heterocycles. The molecular weight excluding hydrogens is 402 g/mol. The number of aliphatic carboxylic acids is 1. The summed E-state index contributed by atoms with van der Waals surface area (Å²) in [7, 11) is 0. The first-order chi connectivity index (χ1) is 13.7. The number of carbonyl (C=O) groups is 1. The largest absolute Gasteiger partial charge is 0.488 e. The topological polar surface area (TPSA) is 59.7 Å². The van der Waals surface area contributed by atoms with Crippen molar-refractivity contribution < 1.29 is 27.8 Å². The number of hydrogen-bond donors (Lipinski definition) is 1. The summed E-state index contributed by atoms with van der Waals surface area (Å²) in [4.78, 5) is 10.8. The summed E-state index contributed by atoms with van der Waals surface area (Å²) in [5, 5.41) is 10.00. The van der Waals surface area contributed by atoms with Crippen LogP contribution in [-0.2, 0) is 24.2 Å². The Morgan fingerprint density at radius 2 is 1.93 bits per heavy atom. The molecule has 0 atom stereocenters. The Morgan fingerprint density at radius 3 is 2.62 bits per heavy atom. The number of aryl methyl sites for hydroxylation is 1. The molecule has 154 valence electrons. The van der Waals surface area contributed by atoms with E-state index in [9.17, 15) is 13.6 Å². The van der Waals surface area contributed by atoms with Crippen molar-refractivity contribution in [2.75, 3.05) is 0 Å². The molecule has 3 aromatic rings. The van der Waals surface area contributed by atoms with Gasteiger partial charge in [0, 0.05) is 22.4 Å². The average Bonchev–Trinajstić information content (AvgIpc) is 3.03. The Bertz CT molecular complexity index is 1040. The van der Waals surface area contributed by atoms with Gasteiger partial charge < -0.3 is 14.3 Å². The van der Waals surface area contributed by atoms with Crippen molar-refractivity contribution in [1.82, 2.24) is 0 Å². The molecule has 0 fully saturated rings. The van der Waals surface area contributed by atoms with Crippen LogP contribution >= 0.6 is 11.6 Å². The highest BCUT2D eigenvalue weighted by atomic mass is 35.5. The van der Waals surface area contributed by atoms with Crippen LogP contribution in [-0.4, -0.2) is 17.5 Å². The second-order valence-electron chi connectivity index (χ2n) is 6.95. The minimum Gasteiger partial charge on any atom is -0.488 e. The Labute approximate surface area is 172 Å². The molecule has 3 rings (SSSR count). The predicted molar refractivity (Wildman–Crippen MR) is 107 cm³/mol. The summed E-state index contributed by atoms with van der Waals surface area (Å²) in [6.45, 7) is 4.00. The maximum atomic E-state index is 12.7. The second-order valence-corrected chi connectivity index (χ2v) is 7.38. The third-order valence-corrected chi connectivity index (χ3v) is 5.12. The number of benzene rings is 2. The van der Waals surface area contributed by atoms with Gasteiger partial charge in [-0.2, -0.15) is 0 Å². The highest BCUT2D eigenvalue weighted by Crippen LogP contribution is 2.31. The van der Waals surface area contributed by atoms with Gasteiger partial charge in [-0.05, 0) is 61.2 Å². The Morgan fingerprint density at radius 1 is 1.17 bits per heavy atom. The predicted octanol–water partition coefficient (Wildman–Crippen LogP) is 6.11. The minimum absolute atomic E-state index is 0.0699. The molecule has 0 amide bonds. The molecule has 0 saturated heterocycles. The van der Waals surface area contributed by atoms with Crippen LogP contribution in [0.2, 0.25) is 5.02 Å². The molecule has 0 radical (unpaired) electrons. The Kier molecular flexibility index (Phi) is 6.42. The minimum atomic E-state index is -2.49. The maximum Gasteiger partial charge on any atom is 0.303 e. The molecule has 7 heteroatoms. The van der Waals surface area contributed by atoms with E-state index in [0.717, 1.165) is 16.7 Å². The fourth-order valence-corrected chi connectivity index (χ4v) is 3.52. The van der Waals surface area contributed by atoms with Gasteiger partial charge in [0.15, 0.2) is 0 Å². The molecule has 29 heavy (non-hydrogen) atoms. The number of carboxylic acids is 1. The van der Waals surface area contributed by atoms with Crippen molar-refractivity contribution in [1.29, 1.82) is 0 Å². The van der Waals surface area contributed by atoms with Gasteiger partial charge in [-0.3, -0.25) is 4.79 Å². The van der Waals surface area contributed by atoms with Crippen molar-refractivity contribution >= 4 is 28.5 Å². The quantitative estimate of drug-likeness (QED) is 0.476. The molecule has 0 aliphatic heterocycles. The molecule has 0 spiro atoms. The third-order valence-electron chi connectivity index (χ3n) is 4.91. The van der Waals surface area contributed by atoms with Crippen LogP contribution in [0, 0.1) is 13.8 Å². The molecule has 0 unspecified atom stereocenters. The summed E-state index contributed by atoms with van der Waals surface area (Å²) in [6, 6.07) is 8.62. The molecule has 1 N–H and O–H groups in total. The number of halogens is 3. The summed E-state index contributed by atoms with van der Waals surface area (Å²) in [6.07, 6.45) is -2.42. The number of ether oxygens (including phenoxy) is 1. The molecule has 0 aliphatic carbocycles. The van der Waals surface area contributed by atoms with E-state index >= 15 is 0 Å². The first kappa shape index (κ1) is 21.1. The van der Waals surface area contributed by atoms with Gasteiger partial charge in [0.2, 0.25) is 6.43 Å². The zero-order valence-electron chi connectivity index (χ0n) is 16.1. The monoisotopic (exact) mass is 422 g/mol. The summed E-state index contributed by atoms with van der Waals surface area (Å²) < 4.78 is 36.9. The average molecular weight is 423 g/mol. The van der Waals surface area contributed by atoms with E-state index in [1.165, 1.54) is 0 Å². The second kappa shape index (κ2) is 8.82. The smallest absolute Gasteiger partial charge is 0.303 e. The zero-order chi connectivity index (χ0) is 21.1. The molecule has 0 bridgehead atoms. The summed E-state index contributed by atoms with van der Waals surface area (Å²) in [5.41, 5.74) is 4.02. The van der Waals surface area contributed by atoms with E-state index in [2.05, 4.69) is 0 Å². The first-order valence-electron chi connectivity index (χ1n) is 9.17. The fourth-order valence-electron chi connectivity index (χ4n) is 3.27.